The highest BCUT2D eigenvalue weighted by atomic mass is 16.5. The van der Waals surface area contributed by atoms with Gasteiger partial charge >= 0.3 is 17.8 Å². The first-order valence-electron chi connectivity index (χ1n) is 9.99. The lowest BCUT2D eigenvalue weighted by Crippen LogP contribution is -2.37. The highest BCUT2D eigenvalue weighted by molar-refractivity contribution is 6.40. The van der Waals surface area contributed by atoms with Crippen LogP contribution in [0.5, 0.6) is 0 Å². The fourth-order valence-electron chi connectivity index (χ4n) is 3.53. The number of rotatable bonds is 5. The summed E-state index contributed by atoms with van der Waals surface area (Å²) < 4.78 is 4.99. The van der Waals surface area contributed by atoms with Gasteiger partial charge < -0.3 is 15.4 Å². The Labute approximate surface area is 170 Å². The molecule has 0 heterocycles. The predicted octanol–water partition coefficient (Wildman–Crippen LogP) is 3.56. The highest BCUT2D eigenvalue weighted by Crippen LogP contribution is 2.25. The first kappa shape index (κ1) is 20.6. The predicted molar refractivity (Wildman–Crippen MR) is 111 cm³/mol. The number of nitrogens with one attached hydrogen (secondary N) is 2. The van der Waals surface area contributed by atoms with Crippen LogP contribution in [0.25, 0.3) is 0 Å². The number of fused-ring (bicyclic) bond motifs is 1. The number of ether oxygens (including phenoxy) is 1. The SMILES string of the molecule is CCOC(=O)c1ccccc1NC(=O)C(=O)NC(C)c1ccc2c(c1)CCCC2. The Morgan fingerprint density at radius 1 is 1.00 bits per heavy atom. The molecule has 0 radical (unpaired) electrons. The number of carbonyl (C=O) groups excluding carboxylic acids is 3. The average Bonchev–Trinajstić information content (AvgIpc) is 2.73. The second kappa shape index (κ2) is 9.37. The van der Waals surface area contributed by atoms with Crippen LogP contribution in [0.3, 0.4) is 0 Å². The van der Waals surface area contributed by atoms with Crippen LogP contribution in [0.4, 0.5) is 5.69 Å². The van der Waals surface area contributed by atoms with Crippen LogP contribution in [0.1, 0.15) is 59.8 Å². The summed E-state index contributed by atoms with van der Waals surface area (Å²) in [5.41, 5.74) is 4.11. The van der Waals surface area contributed by atoms with Gasteiger partial charge in [-0.3, -0.25) is 9.59 Å². The van der Waals surface area contributed by atoms with E-state index in [1.807, 2.05) is 13.0 Å². The number of hydrogen-bond acceptors (Lipinski definition) is 4. The number of carbonyl (C=O) groups is 3. The van der Waals surface area contributed by atoms with Crippen LogP contribution in [-0.4, -0.2) is 24.4 Å². The van der Waals surface area contributed by atoms with Gasteiger partial charge in [0, 0.05) is 0 Å². The van der Waals surface area contributed by atoms with Gasteiger partial charge in [0.25, 0.3) is 0 Å². The molecule has 0 spiro atoms. The third-order valence-corrected chi connectivity index (χ3v) is 5.10. The highest BCUT2D eigenvalue weighted by Gasteiger charge is 2.21. The normalized spacial score (nSPS) is 13.7. The molecule has 2 aromatic carbocycles. The van der Waals surface area contributed by atoms with Gasteiger partial charge in [-0.2, -0.15) is 0 Å². The Hall–Kier alpha value is -3.15. The maximum atomic E-state index is 12.4. The van der Waals surface area contributed by atoms with Gasteiger partial charge in [-0.15, -0.1) is 0 Å². The van der Waals surface area contributed by atoms with Crippen molar-refractivity contribution in [3.8, 4) is 0 Å². The number of para-hydroxylation sites is 1. The Balaban J connectivity index is 1.65. The third-order valence-electron chi connectivity index (χ3n) is 5.10. The number of aryl methyl sites for hydroxylation is 2. The fourth-order valence-corrected chi connectivity index (χ4v) is 3.53. The molecule has 0 bridgehead atoms. The van der Waals surface area contributed by atoms with Crippen molar-refractivity contribution in [1.29, 1.82) is 0 Å². The maximum Gasteiger partial charge on any atom is 0.340 e. The molecule has 0 aliphatic heterocycles. The van der Waals surface area contributed by atoms with Crippen LogP contribution >= 0.6 is 0 Å². The van der Waals surface area contributed by atoms with Gasteiger partial charge in [0.15, 0.2) is 0 Å². The summed E-state index contributed by atoms with van der Waals surface area (Å²) in [5, 5.41) is 5.23. The number of anilines is 1. The van der Waals surface area contributed by atoms with Crippen LogP contribution in [-0.2, 0) is 27.2 Å². The van der Waals surface area contributed by atoms with Gasteiger partial charge in [-0.05, 0) is 68.4 Å². The summed E-state index contributed by atoms with van der Waals surface area (Å²) in [6, 6.07) is 12.4. The Bertz CT molecular complexity index is 923. The van der Waals surface area contributed by atoms with E-state index in [4.69, 9.17) is 4.74 Å². The zero-order valence-electron chi connectivity index (χ0n) is 16.8. The summed E-state index contributed by atoms with van der Waals surface area (Å²) in [7, 11) is 0. The molecule has 6 heteroatoms. The third kappa shape index (κ3) is 5.02. The minimum absolute atomic E-state index is 0.207. The van der Waals surface area contributed by atoms with E-state index in [0.29, 0.717) is 0 Å². The lowest BCUT2D eigenvalue weighted by molar-refractivity contribution is -0.136. The van der Waals surface area contributed by atoms with Crippen molar-refractivity contribution in [2.75, 3.05) is 11.9 Å². The van der Waals surface area contributed by atoms with E-state index in [-0.39, 0.29) is 23.9 Å². The zero-order valence-corrected chi connectivity index (χ0v) is 16.8. The topological polar surface area (TPSA) is 84.5 Å². The lowest BCUT2D eigenvalue weighted by Gasteiger charge is -2.20. The quantitative estimate of drug-likeness (QED) is 0.600. The molecule has 2 aromatic rings. The van der Waals surface area contributed by atoms with E-state index in [2.05, 4.69) is 22.8 Å². The molecule has 0 aromatic heterocycles. The van der Waals surface area contributed by atoms with Crippen molar-refractivity contribution in [1.82, 2.24) is 5.32 Å². The molecule has 2 amide bonds. The number of amides is 2. The lowest BCUT2D eigenvalue weighted by atomic mass is 9.89. The molecule has 0 saturated heterocycles. The van der Waals surface area contributed by atoms with Crippen LogP contribution in [0, 0.1) is 0 Å². The Morgan fingerprint density at radius 2 is 1.72 bits per heavy atom. The maximum absolute atomic E-state index is 12.4. The first-order valence-corrected chi connectivity index (χ1v) is 9.99. The second-order valence-corrected chi connectivity index (χ2v) is 7.15. The van der Waals surface area contributed by atoms with E-state index in [9.17, 15) is 14.4 Å². The number of esters is 1. The van der Waals surface area contributed by atoms with Crippen molar-refractivity contribution >= 4 is 23.5 Å². The van der Waals surface area contributed by atoms with Crippen molar-refractivity contribution in [2.24, 2.45) is 0 Å². The molecule has 1 atom stereocenters. The monoisotopic (exact) mass is 394 g/mol. The van der Waals surface area contributed by atoms with E-state index in [0.717, 1.165) is 18.4 Å². The molecule has 29 heavy (non-hydrogen) atoms. The average molecular weight is 394 g/mol. The summed E-state index contributed by atoms with van der Waals surface area (Å²) in [4.78, 5) is 36.8. The van der Waals surface area contributed by atoms with Crippen molar-refractivity contribution in [3.05, 3.63) is 64.7 Å². The summed E-state index contributed by atoms with van der Waals surface area (Å²) >= 11 is 0. The molecule has 2 N–H and O–H groups in total. The zero-order chi connectivity index (χ0) is 20.8. The molecular formula is C23H26N2O4. The smallest absolute Gasteiger partial charge is 0.340 e. The summed E-state index contributed by atoms with van der Waals surface area (Å²) in [6.45, 7) is 3.77. The molecule has 0 fully saturated rings. The Kier molecular flexibility index (Phi) is 6.65. The van der Waals surface area contributed by atoms with Gasteiger partial charge in [0.1, 0.15) is 0 Å². The van der Waals surface area contributed by atoms with Crippen LogP contribution in [0.2, 0.25) is 0 Å². The molecular weight excluding hydrogens is 368 g/mol. The van der Waals surface area contributed by atoms with Crippen molar-refractivity contribution in [2.45, 2.75) is 45.6 Å². The molecule has 1 aliphatic rings. The van der Waals surface area contributed by atoms with Gasteiger partial charge in [-0.1, -0.05) is 30.3 Å². The molecule has 0 saturated carbocycles. The minimum Gasteiger partial charge on any atom is -0.462 e. The van der Waals surface area contributed by atoms with Gasteiger partial charge in [0.05, 0.1) is 23.9 Å². The summed E-state index contributed by atoms with van der Waals surface area (Å²) in [5.74, 6) is -2.13. The molecule has 3 rings (SSSR count). The van der Waals surface area contributed by atoms with Gasteiger partial charge in [-0.25, -0.2) is 4.79 Å². The van der Waals surface area contributed by atoms with Crippen LogP contribution in [0.15, 0.2) is 42.5 Å². The molecule has 152 valence electrons. The molecule has 1 unspecified atom stereocenters. The van der Waals surface area contributed by atoms with Crippen molar-refractivity contribution < 1.29 is 19.1 Å². The molecule has 6 nitrogen and oxygen atoms in total. The Morgan fingerprint density at radius 3 is 2.48 bits per heavy atom. The van der Waals surface area contributed by atoms with E-state index < -0.39 is 17.8 Å². The standard InChI is InChI=1S/C23H26N2O4/c1-3-29-23(28)19-10-6-7-11-20(19)25-22(27)21(26)24-15(2)17-13-12-16-8-4-5-9-18(16)14-17/h6-7,10-15H,3-5,8-9H2,1-2H3,(H,24,26)(H,25,27). The van der Waals surface area contributed by atoms with Crippen molar-refractivity contribution in [3.63, 3.8) is 0 Å². The second-order valence-electron chi connectivity index (χ2n) is 7.15. The van der Waals surface area contributed by atoms with Crippen LogP contribution < -0.4 is 10.6 Å². The van der Waals surface area contributed by atoms with E-state index >= 15 is 0 Å². The minimum atomic E-state index is -0.827. The van der Waals surface area contributed by atoms with E-state index in [1.54, 1.807) is 31.2 Å². The fraction of sp³-hybridized carbons (Fsp3) is 0.348. The first-order chi connectivity index (χ1) is 14.0. The largest absolute Gasteiger partial charge is 0.462 e. The summed E-state index contributed by atoms with van der Waals surface area (Å²) in [6.07, 6.45) is 4.54. The van der Waals surface area contributed by atoms with E-state index in [1.165, 1.54) is 24.0 Å². The van der Waals surface area contributed by atoms with Gasteiger partial charge in [0.2, 0.25) is 0 Å². The molecule has 1 aliphatic carbocycles. The number of benzene rings is 2. The number of hydrogen-bond donors (Lipinski definition) is 2.